The highest BCUT2D eigenvalue weighted by atomic mass is 16.7. The van der Waals surface area contributed by atoms with Crippen molar-refractivity contribution >= 4 is 11.0 Å². The third-order valence-corrected chi connectivity index (χ3v) is 5.39. The highest BCUT2D eigenvalue weighted by Gasteiger charge is 2.32. The van der Waals surface area contributed by atoms with Crippen LogP contribution in [0.3, 0.4) is 0 Å². The molecule has 5 rings (SSSR count). The van der Waals surface area contributed by atoms with Crippen molar-refractivity contribution in [3.63, 3.8) is 0 Å². The molecule has 1 N–H and O–H groups in total. The molecule has 0 atom stereocenters. The van der Waals surface area contributed by atoms with Gasteiger partial charge in [-0.2, -0.15) is 0 Å². The number of benzene rings is 2. The van der Waals surface area contributed by atoms with Crippen LogP contribution in [0.5, 0.6) is 28.7 Å². The van der Waals surface area contributed by atoms with Gasteiger partial charge < -0.3 is 28.5 Å². The molecule has 0 saturated heterocycles. The first-order valence-electron chi connectivity index (χ1n) is 9.36. The summed E-state index contributed by atoms with van der Waals surface area (Å²) >= 11 is 0. The molecule has 0 amide bonds. The maximum Gasteiger partial charge on any atom is 0.238 e. The van der Waals surface area contributed by atoms with Gasteiger partial charge in [0.05, 0.1) is 7.11 Å². The van der Waals surface area contributed by atoms with E-state index < -0.39 is 11.2 Å². The highest BCUT2D eigenvalue weighted by Crippen LogP contribution is 2.44. The number of aryl methyl sites for hydroxylation is 1. The van der Waals surface area contributed by atoms with Crippen LogP contribution in [-0.4, -0.2) is 24.6 Å². The monoisotopic (exact) mass is 396 g/mol. The molecule has 0 fully saturated rings. The summed E-state index contributed by atoms with van der Waals surface area (Å²) in [5.41, 5.74) is 0.788. The lowest BCUT2D eigenvalue weighted by atomic mass is 9.92. The van der Waals surface area contributed by atoms with E-state index in [1.54, 1.807) is 24.3 Å². The molecule has 0 spiro atoms. The predicted octanol–water partition coefficient (Wildman–Crippen LogP) is 4.01. The van der Waals surface area contributed by atoms with Crippen LogP contribution in [0.15, 0.2) is 33.5 Å². The molecule has 0 unspecified atom stereocenters. The molecule has 29 heavy (non-hydrogen) atoms. The zero-order valence-corrected chi connectivity index (χ0v) is 16.3. The average molecular weight is 396 g/mol. The standard InChI is InChI=1S/C22H20O7/c1-22(2)7-6-12-14(29-22)9-16(25-3)17-18(23)19(24)20(28-21(12)17)11-4-5-13-15(8-11)27-10-26-13/h4-5,8-9,24H,6-7,10H2,1-3H3. The predicted molar refractivity (Wildman–Crippen MR) is 105 cm³/mol. The maximum absolute atomic E-state index is 13.1. The number of hydrogen-bond acceptors (Lipinski definition) is 7. The maximum atomic E-state index is 13.1. The van der Waals surface area contributed by atoms with Crippen LogP contribution in [0.4, 0.5) is 0 Å². The second-order valence-corrected chi connectivity index (χ2v) is 7.80. The third kappa shape index (κ3) is 2.68. The fourth-order valence-electron chi connectivity index (χ4n) is 3.85. The molecule has 2 aliphatic rings. The summed E-state index contributed by atoms with van der Waals surface area (Å²) in [6.45, 7) is 4.15. The van der Waals surface area contributed by atoms with Gasteiger partial charge in [-0.1, -0.05) is 0 Å². The van der Waals surface area contributed by atoms with E-state index in [-0.39, 0.29) is 23.5 Å². The first-order chi connectivity index (χ1) is 13.9. The van der Waals surface area contributed by atoms with Crippen molar-refractivity contribution in [3.05, 3.63) is 40.1 Å². The normalized spacial score (nSPS) is 16.4. The van der Waals surface area contributed by atoms with Crippen molar-refractivity contribution in [2.24, 2.45) is 0 Å². The van der Waals surface area contributed by atoms with E-state index in [1.807, 2.05) is 13.8 Å². The lowest BCUT2D eigenvalue weighted by molar-refractivity contribution is 0.0846. The van der Waals surface area contributed by atoms with Crippen molar-refractivity contribution in [2.45, 2.75) is 32.3 Å². The quantitative estimate of drug-likeness (QED) is 0.700. The summed E-state index contributed by atoms with van der Waals surface area (Å²) in [6, 6.07) is 6.80. The first-order valence-corrected chi connectivity index (χ1v) is 9.36. The van der Waals surface area contributed by atoms with Gasteiger partial charge in [-0.05, 0) is 44.9 Å². The van der Waals surface area contributed by atoms with Gasteiger partial charge in [0.25, 0.3) is 0 Å². The lowest BCUT2D eigenvalue weighted by Gasteiger charge is -2.33. The SMILES string of the molecule is COc1cc2c(c3oc(-c4ccc5c(c4)OCO5)c(O)c(=O)c13)CCC(C)(C)O2. The number of methoxy groups -OCH3 is 1. The summed E-state index contributed by atoms with van der Waals surface area (Å²) in [6.07, 6.45) is 1.45. The van der Waals surface area contributed by atoms with E-state index in [4.69, 9.17) is 23.4 Å². The summed E-state index contributed by atoms with van der Waals surface area (Å²) in [7, 11) is 1.47. The molecule has 2 aromatic carbocycles. The molecular weight excluding hydrogens is 376 g/mol. The largest absolute Gasteiger partial charge is 0.502 e. The molecule has 0 aliphatic carbocycles. The van der Waals surface area contributed by atoms with Crippen LogP contribution in [0.2, 0.25) is 0 Å². The summed E-state index contributed by atoms with van der Waals surface area (Å²) in [5, 5.41) is 10.8. The van der Waals surface area contributed by atoms with Gasteiger partial charge in [-0.3, -0.25) is 4.79 Å². The third-order valence-electron chi connectivity index (χ3n) is 5.39. The minimum absolute atomic E-state index is 0.0705. The molecule has 0 radical (unpaired) electrons. The van der Waals surface area contributed by atoms with E-state index in [9.17, 15) is 9.90 Å². The number of rotatable bonds is 2. The van der Waals surface area contributed by atoms with Crippen LogP contribution >= 0.6 is 0 Å². The topological polar surface area (TPSA) is 87.4 Å². The van der Waals surface area contributed by atoms with E-state index in [0.29, 0.717) is 40.6 Å². The molecule has 7 nitrogen and oxygen atoms in total. The molecule has 7 heteroatoms. The van der Waals surface area contributed by atoms with E-state index in [1.165, 1.54) is 7.11 Å². The summed E-state index contributed by atoms with van der Waals surface area (Å²) < 4.78 is 28.4. The molecule has 3 heterocycles. The van der Waals surface area contributed by atoms with Crippen LogP contribution in [-0.2, 0) is 6.42 Å². The minimum atomic E-state index is -0.552. The Morgan fingerprint density at radius 2 is 1.90 bits per heavy atom. The van der Waals surface area contributed by atoms with Gasteiger partial charge in [-0.25, -0.2) is 0 Å². The number of ether oxygens (including phenoxy) is 4. The Morgan fingerprint density at radius 1 is 1.10 bits per heavy atom. The molecule has 0 saturated carbocycles. The first kappa shape index (κ1) is 17.7. The highest BCUT2D eigenvalue weighted by molar-refractivity contribution is 5.91. The van der Waals surface area contributed by atoms with Gasteiger partial charge in [0.15, 0.2) is 17.3 Å². The van der Waals surface area contributed by atoms with Crippen molar-refractivity contribution in [3.8, 4) is 40.1 Å². The molecule has 150 valence electrons. The van der Waals surface area contributed by atoms with Crippen LogP contribution in [0, 0.1) is 0 Å². The van der Waals surface area contributed by atoms with E-state index in [0.717, 1.165) is 12.0 Å². The minimum Gasteiger partial charge on any atom is -0.502 e. The average Bonchev–Trinajstić information content (AvgIpc) is 3.16. The number of aromatic hydroxyl groups is 1. The van der Waals surface area contributed by atoms with Crippen molar-refractivity contribution in [1.29, 1.82) is 0 Å². The summed E-state index contributed by atoms with van der Waals surface area (Å²) in [4.78, 5) is 13.1. The Labute approximate surface area is 166 Å². The van der Waals surface area contributed by atoms with Gasteiger partial charge in [0.2, 0.25) is 18.0 Å². The van der Waals surface area contributed by atoms with Crippen molar-refractivity contribution in [1.82, 2.24) is 0 Å². The zero-order chi connectivity index (χ0) is 20.3. The van der Waals surface area contributed by atoms with Crippen LogP contribution in [0.25, 0.3) is 22.3 Å². The molecule has 0 bridgehead atoms. The van der Waals surface area contributed by atoms with E-state index >= 15 is 0 Å². The number of fused-ring (bicyclic) bond motifs is 4. The Bertz CT molecular complexity index is 1210. The molecule has 1 aromatic heterocycles. The molecule has 2 aliphatic heterocycles. The van der Waals surface area contributed by atoms with Gasteiger partial charge in [0.1, 0.15) is 28.1 Å². The van der Waals surface area contributed by atoms with Gasteiger partial charge in [0, 0.05) is 17.2 Å². The van der Waals surface area contributed by atoms with Gasteiger partial charge >= 0.3 is 0 Å². The van der Waals surface area contributed by atoms with Crippen molar-refractivity contribution in [2.75, 3.05) is 13.9 Å². The van der Waals surface area contributed by atoms with Crippen LogP contribution < -0.4 is 24.4 Å². The Kier molecular flexibility index (Phi) is 3.71. The van der Waals surface area contributed by atoms with Crippen LogP contribution in [0.1, 0.15) is 25.8 Å². The Hall–Kier alpha value is -3.35. The zero-order valence-electron chi connectivity index (χ0n) is 16.3. The lowest BCUT2D eigenvalue weighted by Crippen LogP contribution is -2.32. The van der Waals surface area contributed by atoms with E-state index in [2.05, 4.69) is 0 Å². The number of hydrogen-bond donors (Lipinski definition) is 1. The Morgan fingerprint density at radius 3 is 2.69 bits per heavy atom. The fraction of sp³-hybridized carbons (Fsp3) is 0.318. The molecular formula is C22H20O7. The van der Waals surface area contributed by atoms with Crippen molar-refractivity contribution < 1.29 is 28.5 Å². The smallest absolute Gasteiger partial charge is 0.238 e. The Balaban J connectivity index is 1.79. The fourth-order valence-corrected chi connectivity index (χ4v) is 3.85. The second kappa shape index (κ2) is 6.07. The molecule has 3 aromatic rings. The van der Waals surface area contributed by atoms with Gasteiger partial charge in [-0.15, -0.1) is 0 Å². The second-order valence-electron chi connectivity index (χ2n) is 7.80. The summed E-state index contributed by atoms with van der Waals surface area (Å²) in [5.74, 6) is 1.65.